The van der Waals surface area contributed by atoms with Crippen LogP contribution in [0.25, 0.3) is 98.8 Å². The van der Waals surface area contributed by atoms with Gasteiger partial charge in [-0.15, -0.1) is 0 Å². The van der Waals surface area contributed by atoms with E-state index in [1.54, 1.807) is 0 Å². The maximum absolute atomic E-state index is 6.60. The summed E-state index contributed by atoms with van der Waals surface area (Å²) < 4.78 is 6.60. The Morgan fingerprint density at radius 3 is 1.56 bits per heavy atom. The van der Waals surface area contributed by atoms with Crippen molar-refractivity contribution >= 4 is 71.3 Å². The molecule has 11 aromatic carbocycles. The summed E-state index contributed by atoms with van der Waals surface area (Å²) in [4.78, 5) is 2.36. The molecular weight excluding hydrogens is 751 g/mol. The van der Waals surface area contributed by atoms with Crippen molar-refractivity contribution in [1.29, 1.82) is 0 Å². The summed E-state index contributed by atoms with van der Waals surface area (Å²) in [5.41, 5.74) is 14.5. The molecule has 12 aromatic rings. The minimum absolute atomic E-state index is 0.890. The smallest absolute Gasteiger partial charge is 0.143 e. The van der Waals surface area contributed by atoms with Gasteiger partial charge in [-0.05, 0) is 126 Å². The molecule has 0 amide bonds. The Balaban J connectivity index is 0.940. The Morgan fingerprint density at radius 2 is 0.806 bits per heavy atom. The van der Waals surface area contributed by atoms with Crippen LogP contribution in [0, 0.1) is 0 Å². The predicted octanol–water partition coefficient (Wildman–Crippen LogP) is 17.2. The molecule has 0 fully saturated rings. The van der Waals surface area contributed by atoms with E-state index >= 15 is 0 Å². The maximum Gasteiger partial charge on any atom is 0.143 e. The minimum atomic E-state index is 0.890. The van der Waals surface area contributed by atoms with Crippen LogP contribution in [0.2, 0.25) is 0 Å². The first-order chi connectivity index (χ1) is 30.7. The zero-order chi connectivity index (χ0) is 41.0. The monoisotopic (exact) mass is 789 g/mol. The quantitative estimate of drug-likeness (QED) is 0.160. The zero-order valence-corrected chi connectivity index (χ0v) is 33.9. The summed E-state index contributed by atoms with van der Waals surface area (Å²) in [5.74, 6) is 0. The van der Waals surface area contributed by atoms with Crippen molar-refractivity contribution in [2.75, 3.05) is 4.90 Å². The molecule has 0 spiro atoms. The van der Waals surface area contributed by atoms with Gasteiger partial charge in [0.25, 0.3) is 0 Å². The van der Waals surface area contributed by atoms with E-state index in [0.717, 1.165) is 55.5 Å². The lowest BCUT2D eigenvalue weighted by atomic mass is 9.96. The Morgan fingerprint density at radius 1 is 0.274 bits per heavy atom. The van der Waals surface area contributed by atoms with Crippen molar-refractivity contribution < 1.29 is 4.42 Å². The van der Waals surface area contributed by atoms with E-state index in [9.17, 15) is 0 Å². The average molecular weight is 790 g/mol. The van der Waals surface area contributed by atoms with Gasteiger partial charge in [0, 0.05) is 33.2 Å². The van der Waals surface area contributed by atoms with E-state index in [1.165, 1.54) is 60.3 Å². The Hall–Kier alpha value is -8.20. The first-order valence-electron chi connectivity index (χ1n) is 21.2. The van der Waals surface area contributed by atoms with Crippen molar-refractivity contribution in [3.8, 4) is 44.5 Å². The van der Waals surface area contributed by atoms with Gasteiger partial charge < -0.3 is 9.32 Å². The van der Waals surface area contributed by atoms with Gasteiger partial charge in [-0.25, -0.2) is 0 Å². The summed E-state index contributed by atoms with van der Waals surface area (Å²) >= 11 is 0. The van der Waals surface area contributed by atoms with Crippen molar-refractivity contribution in [2.45, 2.75) is 0 Å². The molecule has 0 bridgehead atoms. The van der Waals surface area contributed by atoms with Crippen LogP contribution in [0.3, 0.4) is 0 Å². The minimum Gasteiger partial charge on any atom is -0.455 e. The molecule has 290 valence electrons. The number of fused-ring (bicyclic) bond motifs is 7. The van der Waals surface area contributed by atoms with Crippen LogP contribution in [0.5, 0.6) is 0 Å². The molecule has 12 rings (SSSR count). The fourth-order valence-corrected chi connectivity index (χ4v) is 9.35. The molecule has 0 atom stereocenters. The van der Waals surface area contributed by atoms with Crippen LogP contribution in [0.1, 0.15) is 0 Å². The molecule has 0 radical (unpaired) electrons. The van der Waals surface area contributed by atoms with Crippen LogP contribution in [-0.2, 0) is 0 Å². The Labute approximate surface area is 360 Å². The fraction of sp³-hybridized carbons (Fsp3) is 0. The van der Waals surface area contributed by atoms with Gasteiger partial charge in [0.05, 0.1) is 0 Å². The maximum atomic E-state index is 6.60. The molecule has 0 saturated heterocycles. The highest BCUT2D eigenvalue weighted by Gasteiger charge is 2.18. The van der Waals surface area contributed by atoms with Gasteiger partial charge in [-0.1, -0.05) is 182 Å². The van der Waals surface area contributed by atoms with Gasteiger partial charge >= 0.3 is 0 Å². The van der Waals surface area contributed by atoms with E-state index in [1.807, 2.05) is 0 Å². The molecule has 0 aliphatic carbocycles. The molecule has 0 aliphatic rings. The normalized spacial score (nSPS) is 11.5. The summed E-state index contributed by atoms with van der Waals surface area (Å²) in [7, 11) is 0. The van der Waals surface area contributed by atoms with Crippen molar-refractivity contribution in [1.82, 2.24) is 0 Å². The molecule has 1 aromatic heterocycles. The highest BCUT2D eigenvalue weighted by Crippen LogP contribution is 2.43. The summed E-state index contributed by atoms with van der Waals surface area (Å²) in [6, 6.07) is 85.4. The topological polar surface area (TPSA) is 16.4 Å². The van der Waals surface area contributed by atoms with E-state index in [2.05, 4.69) is 241 Å². The highest BCUT2D eigenvalue weighted by molar-refractivity contribution is 6.19. The van der Waals surface area contributed by atoms with Crippen LogP contribution in [-0.4, -0.2) is 0 Å². The van der Waals surface area contributed by atoms with E-state index in [-0.39, 0.29) is 0 Å². The first kappa shape index (κ1) is 35.7. The number of anilines is 3. The summed E-state index contributed by atoms with van der Waals surface area (Å²) in [6.45, 7) is 0. The van der Waals surface area contributed by atoms with Gasteiger partial charge in [-0.3, -0.25) is 0 Å². The molecule has 0 aliphatic heterocycles. The average Bonchev–Trinajstić information content (AvgIpc) is 3.74. The Kier molecular flexibility index (Phi) is 8.53. The molecule has 1 heterocycles. The zero-order valence-electron chi connectivity index (χ0n) is 33.9. The second-order valence-corrected chi connectivity index (χ2v) is 16.1. The second-order valence-electron chi connectivity index (χ2n) is 16.1. The van der Waals surface area contributed by atoms with Crippen LogP contribution >= 0.6 is 0 Å². The second kappa shape index (κ2) is 14.8. The van der Waals surface area contributed by atoms with Gasteiger partial charge in [0.15, 0.2) is 0 Å². The lowest BCUT2D eigenvalue weighted by Gasteiger charge is -2.26. The van der Waals surface area contributed by atoms with Crippen LogP contribution < -0.4 is 4.90 Å². The number of hydrogen-bond donors (Lipinski definition) is 0. The van der Waals surface area contributed by atoms with Crippen molar-refractivity contribution in [3.05, 3.63) is 237 Å². The van der Waals surface area contributed by atoms with Crippen LogP contribution in [0.4, 0.5) is 17.1 Å². The molecule has 2 heteroatoms. The lowest BCUT2D eigenvalue weighted by molar-refractivity contribution is 0.673. The number of furan rings is 1. The third-order valence-electron chi connectivity index (χ3n) is 12.5. The molecular formula is C60H39NO. The molecule has 0 unspecified atom stereocenters. The molecule has 62 heavy (non-hydrogen) atoms. The highest BCUT2D eigenvalue weighted by atomic mass is 16.3. The third kappa shape index (κ3) is 6.20. The Bertz CT molecular complexity index is 3610. The lowest BCUT2D eigenvalue weighted by Crippen LogP contribution is -2.10. The number of rotatable bonds is 7. The number of benzene rings is 11. The predicted molar refractivity (Wildman–Crippen MR) is 263 cm³/mol. The number of nitrogens with zero attached hydrogens (tertiary/aromatic N) is 1. The van der Waals surface area contributed by atoms with Crippen LogP contribution in [0.15, 0.2) is 241 Å². The SMILES string of the molecule is c1cc(-c2cccc3oc4c5ccccc5ccc4c23)cc(N(c2ccc(-c3ccc(-c4cccc5ccccc45)cc3)cc2)c2ccc(-c3ccc4ccccc4c3)cc2)c1. The summed E-state index contributed by atoms with van der Waals surface area (Å²) in [6.07, 6.45) is 0. The van der Waals surface area contributed by atoms with E-state index in [0.29, 0.717) is 0 Å². The number of hydrogen-bond acceptors (Lipinski definition) is 2. The standard InChI is InChI=1S/C60H39NO/c1-2-13-47-38-48(27-24-40(47)10-1)43-30-35-51(36-31-43)61(50-33-28-42(29-34-50)41-22-25-46(26-23-41)54-19-8-14-44-11-3-5-17-53(44)54)52-16-7-15-49(39-52)55-20-9-21-58-59(55)57-37-32-45-12-4-6-18-56(45)60(57)62-58/h1-39H. The fourth-order valence-electron chi connectivity index (χ4n) is 9.35. The van der Waals surface area contributed by atoms with Gasteiger partial charge in [-0.2, -0.15) is 0 Å². The van der Waals surface area contributed by atoms with Crippen molar-refractivity contribution in [3.63, 3.8) is 0 Å². The first-order valence-corrected chi connectivity index (χ1v) is 21.2. The molecule has 0 N–H and O–H groups in total. The van der Waals surface area contributed by atoms with E-state index in [4.69, 9.17) is 4.42 Å². The molecule has 0 saturated carbocycles. The third-order valence-corrected chi connectivity index (χ3v) is 12.5. The van der Waals surface area contributed by atoms with Gasteiger partial charge in [0.1, 0.15) is 11.2 Å². The largest absolute Gasteiger partial charge is 0.455 e. The molecule has 2 nitrogen and oxygen atoms in total. The van der Waals surface area contributed by atoms with Gasteiger partial charge in [0.2, 0.25) is 0 Å². The van der Waals surface area contributed by atoms with Crippen molar-refractivity contribution in [2.24, 2.45) is 0 Å². The van der Waals surface area contributed by atoms with E-state index < -0.39 is 0 Å². The summed E-state index contributed by atoms with van der Waals surface area (Å²) in [5, 5.41) is 9.57.